The fraction of sp³-hybridized carbons (Fsp3) is 0.562. The molecule has 0 heterocycles. The van der Waals surface area contributed by atoms with E-state index in [1.807, 2.05) is 6.92 Å². The van der Waals surface area contributed by atoms with Gasteiger partial charge < -0.3 is 4.74 Å². The zero-order valence-corrected chi connectivity index (χ0v) is 13.6. The maximum absolute atomic E-state index is 13.8. The molecule has 1 fully saturated rings. The molecule has 0 aliphatic heterocycles. The maximum Gasteiger partial charge on any atom is 0.446 e. The number of halogens is 5. The highest BCUT2D eigenvalue weighted by atomic mass is 32.2. The molecule has 24 heavy (non-hydrogen) atoms. The van der Waals surface area contributed by atoms with Crippen molar-refractivity contribution in [1.82, 2.24) is 0 Å². The average molecular weight is 366 g/mol. The van der Waals surface area contributed by atoms with E-state index in [1.165, 1.54) is 6.07 Å². The van der Waals surface area contributed by atoms with Gasteiger partial charge in [-0.05, 0) is 49.6 Å². The van der Waals surface area contributed by atoms with Crippen molar-refractivity contribution in [2.24, 2.45) is 5.92 Å². The van der Waals surface area contributed by atoms with Crippen LogP contribution in [-0.4, -0.2) is 23.3 Å². The normalized spacial score (nSPS) is 21.3. The minimum atomic E-state index is -4.66. The van der Waals surface area contributed by atoms with Crippen molar-refractivity contribution in [3.8, 4) is 5.75 Å². The van der Waals surface area contributed by atoms with Gasteiger partial charge >= 0.3 is 11.4 Å². The Morgan fingerprint density at radius 2 is 1.96 bits per heavy atom. The third-order valence-corrected chi connectivity index (χ3v) is 5.33. The summed E-state index contributed by atoms with van der Waals surface area (Å²) >= 11 is -0.550. The van der Waals surface area contributed by atoms with Crippen molar-refractivity contribution < 1.29 is 31.5 Å². The van der Waals surface area contributed by atoms with Gasteiger partial charge in [-0.2, -0.15) is 22.0 Å². The molecule has 0 saturated heterocycles. The topological polar surface area (TPSA) is 26.3 Å². The number of hydrogen-bond acceptors (Lipinski definition) is 3. The zero-order chi connectivity index (χ0) is 17.7. The molecule has 0 N–H and O–H groups in total. The summed E-state index contributed by atoms with van der Waals surface area (Å²) in [6.07, 6.45) is 1.88. The van der Waals surface area contributed by atoms with Gasteiger partial charge in [-0.1, -0.05) is 6.42 Å². The fourth-order valence-electron chi connectivity index (χ4n) is 3.04. The summed E-state index contributed by atoms with van der Waals surface area (Å²) < 4.78 is 71.2. The summed E-state index contributed by atoms with van der Waals surface area (Å²) in [7, 11) is 0. The minimum Gasteiger partial charge on any atom is -0.490 e. The van der Waals surface area contributed by atoms with Gasteiger partial charge in [-0.25, -0.2) is 0 Å². The van der Waals surface area contributed by atoms with E-state index in [1.54, 1.807) is 0 Å². The van der Waals surface area contributed by atoms with E-state index < -0.39 is 45.9 Å². The van der Waals surface area contributed by atoms with Crippen LogP contribution in [0.2, 0.25) is 0 Å². The highest BCUT2D eigenvalue weighted by molar-refractivity contribution is 8.00. The Balaban J connectivity index is 1.97. The van der Waals surface area contributed by atoms with Crippen LogP contribution < -0.4 is 4.74 Å². The van der Waals surface area contributed by atoms with Crippen molar-refractivity contribution in [2.45, 2.75) is 55.0 Å². The quantitative estimate of drug-likeness (QED) is 0.538. The molecule has 0 bridgehead atoms. The van der Waals surface area contributed by atoms with Gasteiger partial charge in [0.25, 0.3) is 0 Å². The van der Waals surface area contributed by atoms with Gasteiger partial charge in [-0.3, -0.25) is 4.79 Å². The Morgan fingerprint density at radius 3 is 2.50 bits per heavy atom. The predicted octanol–water partition coefficient (Wildman–Crippen LogP) is 5.24. The molecule has 1 atom stereocenters. The van der Waals surface area contributed by atoms with Gasteiger partial charge in [-0.15, -0.1) is 0 Å². The predicted molar refractivity (Wildman–Crippen MR) is 78.8 cm³/mol. The number of rotatable bonds is 4. The molecule has 1 unspecified atom stereocenters. The van der Waals surface area contributed by atoms with Crippen molar-refractivity contribution >= 4 is 17.5 Å². The molecule has 8 heteroatoms. The van der Waals surface area contributed by atoms with Crippen LogP contribution in [0.1, 0.15) is 42.1 Å². The highest BCUT2D eigenvalue weighted by Crippen LogP contribution is 2.47. The third-order valence-electron chi connectivity index (χ3n) is 4.54. The number of carbonyl (C=O) groups is 1. The molecule has 0 amide bonds. The summed E-state index contributed by atoms with van der Waals surface area (Å²) in [5, 5.41) is 0. The van der Waals surface area contributed by atoms with E-state index in [-0.39, 0.29) is 17.4 Å². The first-order chi connectivity index (χ1) is 11.1. The first-order valence-corrected chi connectivity index (χ1v) is 8.41. The first-order valence-electron chi connectivity index (χ1n) is 7.59. The molecule has 0 spiro atoms. The number of hydrogen-bond donors (Lipinski definition) is 0. The lowest BCUT2D eigenvalue weighted by Gasteiger charge is -2.32. The number of ketones is 1. The third kappa shape index (κ3) is 3.25. The minimum absolute atomic E-state index is 0.0847. The molecular formula is C16H15F5O2S. The number of ether oxygens (including phenoxy) is 1. The summed E-state index contributed by atoms with van der Waals surface area (Å²) in [6.45, 7) is 1.81. The van der Waals surface area contributed by atoms with Crippen LogP contribution in [0.15, 0.2) is 17.0 Å². The summed E-state index contributed by atoms with van der Waals surface area (Å²) in [5.41, 5.74) is -5.33. The van der Waals surface area contributed by atoms with Crippen molar-refractivity contribution in [1.29, 1.82) is 0 Å². The van der Waals surface area contributed by atoms with Crippen LogP contribution >= 0.6 is 11.8 Å². The largest absolute Gasteiger partial charge is 0.490 e. The Morgan fingerprint density at radius 1 is 1.29 bits per heavy atom. The van der Waals surface area contributed by atoms with Crippen molar-refractivity contribution in [3.05, 3.63) is 23.3 Å². The smallest absolute Gasteiger partial charge is 0.446 e. The maximum atomic E-state index is 13.8. The highest BCUT2D eigenvalue weighted by Gasteiger charge is 2.50. The second kappa shape index (κ2) is 5.89. The number of Topliss-reactive ketones (excluding diaryl/α,β-unsaturated/α-hetero) is 1. The monoisotopic (exact) mass is 366 g/mol. The van der Waals surface area contributed by atoms with E-state index in [4.69, 9.17) is 4.74 Å². The average Bonchev–Trinajstić information content (AvgIpc) is 2.60. The van der Waals surface area contributed by atoms with Gasteiger partial charge in [0, 0.05) is 22.4 Å². The van der Waals surface area contributed by atoms with E-state index in [2.05, 4.69) is 0 Å². The number of thioether (sulfide) groups is 1. The molecule has 1 aromatic rings. The Bertz CT molecular complexity index is 667. The van der Waals surface area contributed by atoms with E-state index in [0.29, 0.717) is 5.92 Å². The fourth-order valence-corrected chi connectivity index (χ4v) is 3.75. The SMILES string of the molecule is CC(Oc1ccc(SC(F)(F)F)c2c1CC(F)(F)C2=O)C1CCC1. The summed E-state index contributed by atoms with van der Waals surface area (Å²) in [5.74, 6) is -4.86. The van der Waals surface area contributed by atoms with Crippen LogP contribution in [0.25, 0.3) is 0 Å². The lowest BCUT2D eigenvalue weighted by Crippen LogP contribution is -2.29. The van der Waals surface area contributed by atoms with E-state index in [9.17, 15) is 26.7 Å². The molecule has 3 rings (SSSR count). The van der Waals surface area contributed by atoms with Crippen LogP contribution in [0.5, 0.6) is 5.75 Å². The molecule has 2 nitrogen and oxygen atoms in total. The zero-order valence-electron chi connectivity index (χ0n) is 12.8. The van der Waals surface area contributed by atoms with Crippen LogP contribution in [-0.2, 0) is 6.42 Å². The second-order valence-electron chi connectivity index (χ2n) is 6.19. The number of fused-ring (bicyclic) bond motifs is 1. The van der Waals surface area contributed by atoms with Crippen LogP contribution in [0, 0.1) is 5.92 Å². The Hall–Kier alpha value is -1.31. The van der Waals surface area contributed by atoms with Crippen LogP contribution in [0.3, 0.4) is 0 Å². The molecule has 0 aromatic heterocycles. The lowest BCUT2D eigenvalue weighted by atomic mass is 9.82. The first kappa shape index (κ1) is 17.5. The number of alkyl halides is 5. The second-order valence-corrected chi connectivity index (χ2v) is 7.29. The summed E-state index contributed by atoms with van der Waals surface area (Å²) in [4.78, 5) is 11.4. The van der Waals surface area contributed by atoms with Crippen molar-refractivity contribution in [3.63, 3.8) is 0 Å². The van der Waals surface area contributed by atoms with Crippen molar-refractivity contribution in [2.75, 3.05) is 0 Å². The molecule has 132 valence electrons. The Kier molecular flexibility index (Phi) is 4.30. The lowest BCUT2D eigenvalue weighted by molar-refractivity contribution is -0.0328. The van der Waals surface area contributed by atoms with Gasteiger partial charge in [0.15, 0.2) is 0 Å². The van der Waals surface area contributed by atoms with E-state index in [0.717, 1.165) is 25.3 Å². The molecule has 0 radical (unpaired) electrons. The molecule has 2 aliphatic rings. The molecule has 1 saturated carbocycles. The Labute approximate surface area is 139 Å². The van der Waals surface area contributed by atoms with E-state index >= 15 is 0 Å². The van der Waals surface area contributed by atoms with Gasteiger partial charge in [0.05, 0.1) is 6.10 Å². The molecular weight excluding hydrogens is 351 g/mol. The molecule has 2 aliphatic carbocycles. The van der Waals surface area contributed by atoms with Gasteiger partial charge in [0.2, 0.25) is 5.78 Å². The van der Waals surface area contributed by atoms with Crippen LogP contribution in [0.4, 0.5) is 22.0 Å². The molecule has 1 aromatic carbocycles. The standard InChI is InChI=1S/C16H15F5O2S/c1-8(9-3-2-4-9)23-11-5-6-12(24-16(19,20)21)13-10(11)7-15(17,18)14(13)22/h5-6,8-9H,2-4,7H2,1H3. The number of carbonyl (C=O) groups excluding carboxylic acids is 1. The number of benzene rings is 1. The van der Waals surface area contributed by atoms with Gasteiger partial charge in [0.1, 0.15) is 5.75 Å². The summed E-state index contributed by atoms with van der Waals surface area (Å²) in [6, 6.07) is 2.30.